The Morgan fingerprint density at radius 3 is 1.63 bits per heavy atom. The van der Waals surface area contributed by atoms with Crippen molar-refractivity contribution in [2.24, 2.45) is 0 Å². The van der Waals surface area contributed by atoms with E-state index in [1.165, 1.54) is 0 Å². The number of carbonyl (C=O) groups is 1. The van der Waals surface area contributed by atoms with Crippen LogP contribution in [0.5, 0.6) is 0 Å². The molecule has 6 nitrogen and oxygen atoms in total. The van der Waals surface area contributed by atoms with Crippen molar-refractivity contribution >= 4 is 32.1 Å². The molecule has 0 radical (unpaired) electrons. The number of carbonyl (C=O) groups excluding carboxylic acids is 1. The first kappa shape index (κ1) is 27.1. The van der Waals surface area contributed by atoms with E-state index in [9.17, 15) is 4.79 Å². The first-order chi connectivity index (χ1) is 12.6. The van der Waals surface area contributed by atoms with Crippen LogP contribution in [-0.4, -0.2) is 64.7 Å². The van der Waals surface area contributed by atoms with Gasteiger partial charge >= 0.3 is 172 Å². The monoisotopic (exact) mass is 445 g/mol. The average Bonchev–Trinajstić information content (AvgIpc) is 2.66. The maximum absolute atomic E-state index is 12.7. The molecule has 27 heavy (non-hydrogen) atoms. The Hall–Kier alpha value is 0.0869. The van der Waals surface area contributed by atoms with E-state index in [4.69, 9.17) is 29.3 Å². The van der Waals surface area contributed by atoms with Gasteiger partial charge in [-0.2, -0.15) is 0 Å². The van der Waals surface area contributed by atoms with Gasteiger partial charge in [0.05, 0.1) is 0 Å². The Morgan fingerprint density at radius 2 is 1.33 bits per heavy atom. The summed E-state index contributed by atoms with van der Waals surface area (Å²) in [5.74, 6) is -2.93. The van der Waals surface area contributed by atoms with E-state index in [-0.39, 0.29) is 11.5 Å². The van der Waals surface area contributed by atoms with Gasteiger partial charge in [-0.05, 0) is 0 Å². The van der Waals surface area contributed by atoms with Gasteiger partial charge in [0, 0.05) is 0 Å². The van der Waals surface area contributed by atoms with Crippen LogP contribution in [0.1, 0.15) is 61.8 Å². The molecule has 0 aliphatic heterocycles. The second kappa shape index (κ2) is 11.9. The molecule has 0 aromatic carbocycles. The fourth-order valence-electron chi connectivity index (χ4n) is 3.38. The van der Waals surface area contributed by atoms with Crippen molar-refractivity contribution in [3.63, 3.8) is 0 Å². The fraction of sp³-hybridized carbons (Fsp3) is 0.944. The molecule has 0 saturated heterocycles. The standard InChI is InChI=1S/C18H41ClNO5PSi/c1-9-17(27(22-10-2,23-11-3)24-12-4)20-18(21)25-16(8)26(19,13-5,14-6)15-7/h16-17H,9-15H2,1-8H3,(H,20,21). The van der Waals surface area contributed by atoms with E-state index < -0.39 is 20.9 Å². The fourth-order valence-corrected chi connectivity index (χ4v) is 9.59. The Balaban J connectivity index is 5.41. The zero-order valence-electron chi connectivity index (χ0n) is 18.5. The molecule has 0 rings (SSSR count). The third kappa shape index (κ3) is 6.55. The van der Waals surface area contributed by atoms with Crippen LogP contribution in [0.3, 0.4) is 0 Å². The van der Waals surface area contributed by atoms with E-state index in [1.807, 2.05) is 34.6 Å². The molecular weight excluding hydrogens is 405 g/mol. The normalized spacial score (nSPS) is 16.3. The molecule has 9 heteroatoms. The Labute approximate surface area is 172 Å². The van der Waals surface area contributed by atoms with Crippen molar-refractivity contribution in [3.8, 4) is 0 Å². The molecule has 0 heterocycles. The molecule has 2 atom stereocenters. The van der Waals surface area contributed by atoms with Gasteiger partial charge in [0.2, 0.25) is 0 Å². The van der Waals surface area contributed by atoms with Gasteiger partial charge < -0.3 is 0 Å². The van der Waals surface area contributed by atoms with Crippen molar-refractivity contribution < 1.29 is 22.8 Å². The molecule has 0 saturated carbocycles. The van der Waals surface area contributed by atoms with E-state index in [0.717, 1.165) is 18.5 Å². The minimum absolute atomic E-state index is 0.322. The van der Waals surface area contributed by atoms with Gasteiger partial charge in [-0.25, -0.2) is 0 Å². The summed E-state index contributed by atoms with van der Waals surface area (Å²) in [7, 11) is -3.06. The van der Waals surface area contributed by atoms with Crippen LogP contribution in [0.25, 0.3) is 0 Å². The topological polar surface area (TPSA) is 66.0 Å². The van der Waals surface area contributed by atoms with Gasteiger partial charge in [0.1, 0.15) is 0 Å². The van der Waals surface area contributed by atoms with Gasteiger partial charge in [0.15, 0.2) is 0 Å². The maximum atomic E-state index is 12.7. The van der Waals surface area contributed by atoms with Crippen molar-refractivity contribution in [2.75, 3.05) is 38.3 Å². The summed E-state index contributed by atoms with van der Waals surface area (Å²) in [6, 6.07) is 0. The molecule has 0 fully saturated rings. The second-order valence-corrected chi connectivity index (χ2v) is 18.1. The molecule has 1 N–H and O–H groups in total. The summed E-state index contributed by atoms with van der Waals surface area (Å²) in [5.41, 5.74) is -0.372. The predicted octanol–water partition coefficient (Wildman–Crippen LogP) is 5.19. The SMILES string of the molecule is CCO[Si](OCC)(OCC)C(CC)NC(=O)OC(C)P(Cl)(CC)(CC)CC. The van der Waals surface area contributed by atoms with Crippen LogP contribution in [-0.2, 0) is 18.0 Å². The van der Waals surface area contributed by atoms with Crippen LogP contribution in [0.15, 0.2) is 0 Å². The zero-order valence-corrected chi connectivity index (χ0v) is 21.1. The van der Waals surface area contributed by atoms with Crippen LogP contribution in [0.2, 0.25) is 0 Å². The van der Waals surface area contributed by atoms with E-state index >= 15 is 0 Å². The van der Waals surface area contributed by atoms with Crippen LogP contribution in [0, 0.1) is 0 Å². The van der Waals surface area contributed by atoms with Crippen molar-refractivity contribution in [2.45, 2.75) is 73.3 Å². The number of hydrogen-bond donors (Lipinski definition) is 1. The van der Waals surface area contributed by atoms with Crippen LogP contribution in [0.4, 0.5) is 4.79 Å². The third-order valence-electron chi connectivity index (χ3n) is 5.60. The first-order valence-corrected chi connectivity index (χ1v) is 15.8. The Kier molecular flexibility index (Phi) is 12.0. The predicted molar refractivity (Wildman–Crippen MR) is 118 cm³/mol. The summed E-state index contributed by atoms with van der Waals surface area (Å²) in [5, 5.41) is 2.94. The van der Waals surface area contributed by atoms with Gasteiger partial charge in [0.25, 0.3) is 0 Å². The van der Waals surface area contributed by atoms with Crippen molar-refractivity contribution in [1.82, 2.24) is 5.32 Å². The first-order valence-electron chi connectivity index (χ1n) is 10.3. The molecule has 0 bridgehead atoms. The third-order valence-corrected chi connectivity index (χ3v) is 18.5. The van der Waals surface area contributed by atoms with Gasteiger partial charge in [-0.1, -0.05) is 0 Å². The summed E-state index contributed by atoms with van der Waals surface area (Å²) < 4.78 is 23.6. The minimum atomic E-state index is -3.06. The molecule has 164 valence electrons. The number of alkyl carbamates (subject to hydrolysis) is 1. The summed E-state index contributed by atoms with van der Waals surface area (Å²) >= 11 is 7.12. The number of nitrogens with one attached hydrogen (secondary N) is 1. The Morgan fingerprint density at radius 1 is 0.926 bits per heavy atom. The number of amides is 1. The van der Waals surface area contributed by atoms with Crippen LogP contribution >= 0.6 is 17.2 Å². The van der Waals surface area contributed by atoms with E-state index in [0.29, 0.717) is 26.2 Å². The zero-order chi connectivity index (χ0) is 21.2. The molecule has 1 amide bonds. The van der Waals surface area contributed by atoms with Gasteiger partial charge in [-0.3, -0.25) is 0 Å². The molecule has 0 aromatic heterocycles. The average molecular weight is 446 g/mol. The Bertz CT molecular complexity index is 425. The summed E-state index contributed by atoms with van der Waals surface area (Å²) in [6.07, 6.45) is 2.63. The quantitative estimate of drug-likeness (QED) is 0.294. The van der Waals surface area contributed by atoms with Crippen LogP contribution < -0.4 is 5.32 Å². The summed E-state index contributed by atoms with van der Waals surface area (Å²) in [6.45, 7) is 17.2. The van der Waals surface area contributed by atoms with E-state index in [1.54, 1.807) is 0 Å². The number of ether oxygens (including phenoxy) is 1. The molecule has 2 unspecified atom stereocenters. The molecular formula is C18H41ClNO5PSi. The molecule has 0 aliphatic carbocycles. The van der Waals surface area contributed by atoms with Crippen molar-refractivity contribution in [1.29, 1.82) is 0 Å². The summed E-state index contributed by atoms with van der Waals surface area (Å²) in [4.78, 5) is 12.7. The molecule has 0 spiro atoms. The number of rotatable bonds is 14. The van der Waals surface area contributed by atoms with E-state index in [2.05, 4.69) is 26.1 Å². The second-order valence-electron chi connectivity index (χ2n) is 6.64. The number of halogens is 1. The van der Waals surface area contributed by atoms with Crippen molar-refractivity contribution in [3.05, 3.63) is 0 Å². The van der Waals surface area contributed by atoms with Gasteiger partial charge in [-0.15, -0.1) is 0 Å². The molecule has 0 aliphatic rings. The number of hydrogen-bond acceptors (Lipinski definition) is 5. The molecule has 0 aromatic rings.